The van der Waals surface area contributed by atoms with E-state index in [4.69, 9.17) is 5.11 Å². The molecule has 20 heavy (non-hydrogen) atoms. The molecule has 0 amide bonds. The van der Waals surface area contributed by atoms with Crippen molar-refractivity contribution >= 4 is 5.97 Å². The first kappa shape index (κ1) is 18.6. The normalized spacial score (nSPS) is 9.25. The van der Waals surface area contributed by atoms with Gasteiger partial charge in [0.05, 0.1) is 0 Å². The fourth-order valence-electron chi connectivity index (χ4n) is 2.07. The van der Waals surface area contributed by atoms with Crippen molar-refractivity contribution in [2.75, 3.05) is 0 Å². The zero-order chi connectivity index (χ0) is 14.9. The molecule has 0 saturated heterocycles. The number of hydrogen-bond acceptors (Lipinski definition) is 1. The first-order valence-corrected chi connectivity index (χ1v) is 7.99. The van der Waals surface area contributed by atoms with Crippen molar-refractivity contribution in [1.29, 1.82) is 0 Å². The van der Waals surface area contributed by atoms with Crippen LogP contribution in [0.4, 0.5) is 0 Å². The summed E-state index contributed by atoms with van der Waals surface area (Å²) < 4.78 is 0. The maximum absolute atomic E-state index is 10.1. The second-order valence-electron chi connectivity index (χ2n) is 5.14. The first-order chi connectivity index (χ1) is 9.77. The Kier molecular flexibility index (Phi) is 14.5. The lowest BCUT2D eigenvalue weighted by Crippen LogP contribution is -1.85. The van der Waals surface area contributed by atoms with Crippen molar-refractivity contribution in [2.45, 2.75) is 84.0 Å². The molecule has 2 nitrogen and oxygen atoms in total. The molecule has 0 atom stereocenters. The molecule has 0 aromatic heterocycles. The van der Waals surface area contributed by atoms with E-state index in [0.29, 0.717) is 0 Å². The Hall–Kier alpha value is -1.41. The van der Waals surface area contributed by atoms with Gasteiger partial charge in [0.25, 0.3) is 0 Å². The Morgan fingerprint density at radius 1 is 0.800 bits per heavy atom. The second kappa shape index (κ2) is 15.6. The van der Waals surface area contributed by atoms with Gasteiger partial charge in [0.15, 0.2) is 0 Å². The standard InChI is InChI=1S/C18H28O2/c1-2-3-4-5-6-7-8-9-10-11-12-13-14-15-16-17-18(19)20/h2-13H2,1H3,(H,19,20). The van der Waals surface area contributed by atoms with Crippen LogP contribution in [0.3, 0.4) is 0 Å². The van der Waals surface area contributed by atoms with Crippen molar-refractivity contribution in [2.24, 2.45) is 0 Å². The Balaban J connectivity index is 3.18. The van der Waals surface area contributed by atoms with E-state index in [1.54, 1.807) is 0 Å². The summed E-state index contributed by atoms with van der Waals surface area (Å²) in [7, 11) is 0. The van der Waals surface area contributed by atoms with E-state index in [2.05, 4.69) is 24.7 Å². The third-order valence-corrected chi connectivity index (χ3v) is 3.23. The number of carbonyl (C=O) groups is 1. The Morgan fingerprint density at radius 2 is 1.30 bits per heavy atom. The molecule has 0 aliphatic carbocycles. The van der Waals surface area contributed by atoms with Crippen molar-refractivity contribution in [3.63, 3.8) is 0 Å². The Bertz CT molecular complexity index is 349. The fourth-order valence-corrected chi connectivity index (χ4v) is 2.07. The number of carboxylic acids is 1. The molecule has 0 aliphatic rings. The molecule has 0 saturated carbocycles. The van der Waals surface area contributed by atoms with E-state index in [-0.39, 0.29) is 0 Å². The van der Waals surface area contributed by atoms with Crippen LogP contribution >= 0.6 is 0 Å². The number of carboxylic acid groups (broad SMARTS) is 1. The number of hydrogen-bond donors (Lipinski definition) is 1. The highest BCUT2D eigenvalue weighted by atomic mass is 16.4. The van der Waals surface area contributed by atoms with Crippen LogP contribution in [0.2, 0.25) is 0 Å². The summed E-state index contributed by atoms with van der Waals surface area (Å²) in [6.07, 6.45) is 15.4. The third kappa shape index (κ3) is 16.6. The summed E-state index contributed by atoms with van der Waals surface area (Å²) >= 11 is 0. The molecule has 0 rings (SSSR count). The van der Waals surface area contributed by atoms with Gasteiger partial charge in [-0.2, -0.15) is 0 Å². The minimum Gasteiger partial charge on any atom is -0.472 e. The fraction of sp³-hybridized carbons (Fsp3) is 0.722. The van der Waals surface area contributed by atoms with Crippen LogP contribution in [-0.4, -0.2) is 11.1 Å². The van der Waals surface area contributed by atoms with E-state index in [1.807, 2.05) is 5.92 Å². The quantitative estimate of drug-likeness (QED) is 0.435. The molecule has 2 heteroatoms. The number of aliphatic carboxylic acids is 1. The summed E-state index contributed by atoms with van der Waals surface area (Å²) in [5.74, 6) is 8.62. The van der Waals surface area contributed by atoms with Crippen LogP contribution in [0.15, 0.2) is 0 Å². The van der Waals surface area contributed by atoms with Gasteiger partial charge in [-0.1, -0.05) is 77.1 Å². The van der Waals surface area contributed by atoms with Crippen LogP contribution in [0.1, 0.15) is 84.0 Å². The van der Waals surface area contributed by atoms with E-state index in [1.165, 1.54) is 64.2 Å². The van der Waals surface area contributed by atoms with Crippen molar-refractivity contribution in [1.82, 2.24) is 0 Å². The molecule has 0 spiro atoms. The van der Waals surface area contributed by atoms with Crippen molar-refractivity contribution < 1.29 is 9.90 Å². The summed E-state index contributed by atoms with van der Waals surface area (Å²) in [6, 6.07) is 0. The van der Waals surface area contributed by atoms with Gasteiger partial charge >= 0.3 is 5.97 Å². The largest absolute Gasteiger partial charge is 0.472 e. The lowest BCUT2D eigenvalue weighted by Gasteiger charge is -2.01. The van der Waals surface area contributed by atoms with Gasteiger partial charge in [-0.05, 0) is 18.3 Å². The summed E-state index contributed by atoms with van der Waals surface area (Å²) in [4.78, 5) is 10.1. The maximum Gasteiger partial charge on any atom is 0.382 e. The highest BCUT2D eigenvalue weighted by molar-refractivity contribution is 5.87. The minimum atomic E-state index is -1.12. The van der Waals surface area contributed by atoms with Crippen LogP contribution in [0.25, 0.3) is 0 Å². The Morgan fingerprint density at radius 3 is 1.80 bits per heavy atom. The summed E-state index contributed by atoms with van der Waals surface area (Å²) in [6.45, 7) is 2.25. The lowest BCUT2D eigenvalue weighted by molar-refractivity contribution is -0.130. The molecule has 0 aromatic rings. The zero-order valence-corrected chi connectivity index (χ0v) is 12.8. The summed E-state index contributed by atoms with van der Waals surface area (Å²) in [5.41, 5.74) is 0. The zero-order valence-electron chi connectivity index (χ0n) is 12.8. The molecular weight excluding hydrogens is 248 g/mol. The topological polar surface area (TPSA) is 37.3 Å². The molecule has 112 valence electrons. The second-order valence-corrected chi connectivity index (χ2v) is 5.14. The molecule has 0 aromatic carbocycles. The summed E-state index contributed by atoms with van der Waals surface area (Å²) in [5, 5.41) is 8.28. The minimum absolute atomic E-state index is 0.825. The predicted octanol–water partition coefficient (Wildman–Crippen LogP) is 4.78. The van der Waals surface area contributed by atoms with Crippen LogP contribution in [0.5, 0.6) is 0 Å². The van der Waals surface area contributed by atoms with Gasteiger partial charge in [0.2, 0.25) is 0 Å². The van der Waals surface area contributed by atoms with Crippen LogP contribution in [0, 0.1) is 23.7 Å². The van der Waals surface area contributed by atoms with Gasteiger partial charge in [-0.15, -0.1) is 0 Å². The highest BCUT2D eigenvalue weighted by Gasteiger charge is 1.92. The predicted molar refractivity (Wildman–Crippen MR) is 84.3 cm³/mol. The van der Waals surface area contributed by atoms with Gasteiger partial charge in [0, 0.05) is 12.3 Å². The Labute approximate surface area is 124 Å². The smallest absolute Gasteiger partial charge is 0.382 e. The molecule has 0 heterocycles. The monoisotopic (exact) mass is 276 g/mol. The molecule has 0 unspecified atom stereocenters. The molecule has 0 bridgehead atoms. The van der Waals surface area contributed by atoms with Gasteiger partial charge < -0.3 is 5.11 Å². The SMILES string of the molecule is CCCCCCCCCCCCCC#CC#CC(=O)O. The maximum atomic E-state index is 10.1. The number of unbranched alkanes of at least 4 members (excludes halogenated alkanes) is 11. The average Bonchev–Trinajstić information content (AvgIpc) is 2.43. The van der Waals surface area contributed by atoms with E-state index >= 15 is 0 Å². The highest BCUT2D eigenvalue weighted by Crippen LogP contribution is 2.11. The van der Waals surface area contributed by atoms with E-state index in [9.17, 15) is 4.79 Å². The molecule has 0 fully saturated rings. The first-order valence-electron chi connectivity index (χ1n) is 7.99. The van der Waals surface area contributed by atoms with Crippen LogP contribution in [-0.2, 0) is 4.79 Å². The van der Waals surface area contributed by atoms with Gasteiger partial charge in [0.1, 0.15) is 0 Å². The molecule has 0 radical (unpaired) electrons. The van der Waals surface area contributed by atoms with Crippen molar-refractivity contribution in [3.05, 3.63) is 0 Å². The average molecular weight is 276 g/mol. The van der Waals surface area contributed by atoms with E-state index < -0.39 is 5.97 Å². The molecule has 1 N–H and O–H groups in total. The van der Waals surface area contributed by atoms with Gasteiger partial charge in [-0.3, -0.25) is 0 Å². The van der Waals surface area contributed by atoms with E-state index in [0.717, 1.165) is 12.8 Å². The van der Waals surface area contributed by atoms with Gasteiger partial charge in [-0.25, -0.2) is 4.79 Å². The molecule has 0 aliphatic heterocycles. The lowest BCUT2D eigenvalue weighted by atomic mass is 10.1. The number of rotatable bonds is 11. The van der Waals surface area contributed by atoms with Crippen molar-refractivity contribution in [3.8, 4) is 23.7 Å². The third-order valence-electron chi connectivity index (χ3n) is 3.23. The van der Waals surface area contributed by atoms with Crippen LogP contribution < -0.4 is 0 Å². The molecular formula is C18H28O2.